The third kappa shape index (κ3) is 26.0. The van der Waals surface area contributed by atoms with Gasteiger partial charge in [-0.2, -0.15) is 5.10 Å². The number of carbonyl (C=O) groups excluding carboxylic acids is 9. The molecule has 5 aromatic rings. The molecule has 3 aliphatic heterocycles. The number of nitrogens with zero attached hydrogens (tertiary/aromatic N) is 7. The number of hydrogen-bond acceptors (Lipinski definition) is 30. The summed E-state index contributed by atoms with van der Waals surface area (Å²) in [4.78, 5) is 140. The highest BCUT2D eigenvalue weighted by atomic mass is 32.3. The first-order chi connectivity index (χ1) is 55.0. The van der Waals surface area contributed by atoms with Crippen LogP contribution < -0.4 is 40.2 Å². The molecule has 2 aromatic heterocycles. The summed E-state index contributed by atoms with van der Waals surface area (Å²) in [5, 5.41) is 108. The Hall–Kier alpha value is -9.50. The van der Waals surface area contributed by atoms with Crippen LogP contribution in [0.5, 0.6) is 17.2 Å². The lowest BCUT2D eigenvalue weighted by Crippen LogP contribution is -2.64. The number of nitrogens with one attached hydrogen (secondary N) is 5. The van der Waals surface area contributed by atoms with Gasteiger partial charge in [0.25, 0.3) is 17.1 Å². The lowest BCUT2D eigenvalue weighted by molar-refractivity contribution is -0.147. The molecule has 40 heteroatoms. The summed E-state index contributed by atoms with van der Waals surface area (Å²) in [6.07, 6.45) is -11.1. The van der Waals surface area contributed by atoms with Crippen molar-refractivity contribution >= 4 is 81.0 Å². The molecule has 0 radical (unpaired) electrons. The summed E-state index contributed by atoms with van der Waals surface area (Å²) in [6, 6.07) is 4.00. The maximum absolute atomic E-state index is 15.3. The molecular formula is C76H108N12O26S2. The Morgan fingerprint density at radius 2 is 1.37 bits per heavy atom. The Kier molecular flexibility index (Phi) is 35.7. The monoisotopic (exact) mass is 1670 g/mol. The molecule has 3 saturated heterocycles. The molecule has 3 aromatic carbocycles. The van der Waals surface area contributed by atoms with Gasteiger partial charge in [-0.25, -0.2) is 19.1 Å². The molecule has 8 rings (SSSR count). The lowest BCUT2D eigenvalue weighted by atomic mass is 9.98. The van der Waals surface area contributed by atoms with Crippen LogP contribution in [0, 0.1) is 5.92 Å². The van der Waals surface area contributed by atoms with Crippen molar-refractivity contribution in [2.75, 3.05) is 79.5 Å². The highest BCUT2D eigenvalue weighted by molar-refractivity contribution is 8.15. The summed E-state index contributed by atoms with van der Waals surface area (Å²) in [6.45, 7) is 17.8. The zero-order valence-corrected chi connectivity index (χ0v) is 67.4. The normalized spacial score (nSPS) is 22.2. The number of aliphatic hydroxyl groups excluding tert-OH is 8. The van der Waals surface area contributed by atoms with Crippen LogP contribution in [-0.4, -0.2) is 313 Å². The minimum atomic E-state index is -4.93. The van der Waals surface area contributed by atoms with E-state index in [0.29, 0.717) is 52.3 Å². The molecule has 3 fully saturated rings. The van der Waals surface area contributed by atoms with E-state index in [9.17, 15) is 88.1 Å². The zero-order chi connectivity index (χ0) is 85.4. The largest absolute Gasteiger partial charge is 0.514 e. The fraction of sp³-hybridized carbons (Fsp3) is 0.539. The molecule has 13 atom stereocenters. The molecule has 0 saturated carbocycles. The van der Waals surface area contributed by atoms with Crippen molar-refractivity contribution in [1.29, 1.82) is 0 Å². The highest BCUT2D eigenvalue weighted by Crippen LogP contribution is 2.42. The second kappa shape index (κ2) is 44.2. The Bertz CT molecular complexity index is 4090. The van der Waals surface area contributed by atoms with Gasteiger partial charge in [0.15, 0.2) is 11.5 Å². The number of hydrogen-bond donors (Lipinski definition) is 16. The van der Waals surface area contributed by atoms with Crippen LogP contribution in [-0.2, 0) is 49.4 Å². The SMILES string of the molecule is C=CCOC(=O)Oc1ccc(C[C@@H](O)[C@@H]2NC(=O)[C@@H]3C[C@@H](O)CN3C(=O)[C@H]([C@@H](C)O)NC(=O)[C@@H](NC(=O)c3ccc(-c4cn5nc(-c6ccc(OCCCCOC)cc6)sc5n4)cc3)C[C@@H](O)CNC(=O)[C@@H]3[C@@H](O)[C@@H](C)CN3C(=O)[C@H]([C@H](O)CCN(C(=O)OCC=C)C(CO)CO)NC2=O)cc1OS(O)(O)O.CCN(C(C)C)C(C)C. The first kappa shape index (κ1) is 93.7. The first-order valence-corrected chi connectivity index (χ1v) is 40.0. The molecule has 3 aliphatic rings. The van der Waals surface area contributed by atoms with E-state index in [1.54, 1.807) is 30.0 Å². The standard InChI is InChI=1S/C68H89N11O26S2.C8H19N/c1-6-22-102-67(95)76(42(34-80)35-81)21-20-49(85)55-65(94)78-31-36(3)57(87)56(78)62(92)69-30-43(83)28-46(70-58(88)40-13-11-39(12-14-40)47-33-79-66(71-47)106-63(75-79)41-15-17-45(18-16-41)101-25-9-8-24-100-5)59(89)72-53(37(4)82)64(93)77-32-44(84)29-48(77)60(90)73-54(61(91)74-55)50(86)26-38-10-19-51(104-68(96)103-23-7-2)52(27-38)105-107(97,98)99;1-6-9(7(2)3)8(4)5/h6-7,10-19,27,33,36-37,42-44,46,48-50,53-57,80-87,97-99H,1-2,8-9,20-26,28-32,34-35H2,3-5H3,(H,69,92)(H,70,88)(H,72,89)(H,73,90)(H,74,91);7-8H,6H2,1-5H3/t36-,37+,43+,44+,46-,48-,49+,50+,53-,54-,55-,56-,57-;/m0./s1. The zero-order valence-electron chi connectivity index (χ0n) is 65.7. The van der Waals surface area contributed by atoms with Crippen molar-refractivity contribution in [1.82, 2.24) is 60.8 Å². The quantitative estimate of drug-likeness (QED) is 0.0130. The molecule has 116 heavy (non-hydrogen) atoms. The third-order valence-electron chi connectivity index (χ3n) is 19.3. The average molecular weight is 1670 g/mol. The van der Waals surface area contributed by atoms with Crippen LogP contribution in [0.3, 0.4) is 0 Å². The Balaban J connectivity index is 0.00000194. The van der Waals surface area contributed by atoms with Crippen molar-refractivity contribution in [2.45, 2.75) is 178 Å². The topological polar surface area (TPSA) is 535 Å². The lowest BCUT2D eigenvalue weighted by Gasteiger charge is -2.35. The van der Waals surface area contributed by atoms with E-state index >= 15 is 9.59 Å². The number of rotatable bonds is 31. The average Bonchev–Trinajstić information content (AvgIpc) is 1.64. The van der Waals surface area contributed by atoms with E-state index in [4.69, 9.17) is 38.0 Å². The number of benzene rings is 3. The second-order valence-electron chi connectivity index (χ2n) is 28.6. The van der Waals surface area contributed by atoms with Crippen LogP contribution in [0.4, 0.5) is 9.59 Å². The minimum absolute atomic E-state index is 0.0394. The summed E-state index contributed by atoms with van der Waals surface area (Å²) in [7, 11) is 1.64. The molecule has 0 spiro atoms. The van der Waals surface area contributed by atoms with Crippen LogP contribution in [0.25, 0.3) is 26.8 Å². The molecule has 0 unspecified atom stereocenters. The maximum Gasteiger partial charge on any atom is 0.514 e. The second-order valence-corrected chi connectivity index (χ2v) is 30.6. The van der Waals surface area contributed by atoms with Gasteiger partial charge in [0.2, 0.25) is 40.4 Å². The molecule has 5 heterocycles. The first-order valence-electron chi connectivity index (χ1n) is 37.7. The molecular weight excluding hydrogens is 1560 g/mol. The summed E-state index contributed by atoms with van der Waals surface area (Å²) >= 11 is -3.60. The molecule has 640 valence electrons. The fourth-order valence-corrected chi connectivity index (χ4v) is 14.6. The number of ether oxygens (including phenoxy) is 5. The molecule has 38 nitrogen and oxygen atoms in total. The number of aromatic nitrogens is 3. The van der Waals surface area contributed by atoms with Crippen molar-refractivity contribution < 1.29 is 126 Å². The van der Waals surface area contributed by atoms with Gasteiger partial charge in [-0.3, -0.25) is 52.1 Å². The Morgan fingerprint density at radius 3 is 1.97 bits per heavy atom. The maximum atomic E-state index is 15.3. The molecule has 8 amide bonds. The molecule has 0 bridgehead atoms. The summed E-state index contributed by atoms with van der Waals surface area (Å²) in [5.41, 5.74) is 1.65. The van der Waals surface area contributed by atoms with Gasteiger partial charge in [0.05, 0.1) is 74.4 Å². The van der Waals surface area contributed by atoms with Crippen LogP contribution in [0.2, 0.25) is 0 Å². The van der Waals surface area contributed by atoms with Gasteiger partial charge in [-0.1, -0.05) is 68.7 Å². The van der Waals surface area contributed by atoms with Crippen LogP contribution >= 0.6 is 22.5 Å². The smallest absolute Gasteiger partial charge is 0.494 e. The summed E-state index contributed by atoms with van der Waals surface area (Å²) < 4.78 is 62.2. The van der Waals surface area contributed by atoms with E-state index in [-0.39, 0.29) is 24.3 Å². The fourth-order valence-electron chi connectivity index (χ4n) is 13.4. The van der Waals surface area contributed by atoms with Gasteiger partial charge in [-0.05, 0) is 115 Å². The van der Waals surface area contributed by atoms with Crippen molar-refractivity contribution in [3.8, 4) is 39.1 Å². The van der Waals surface area contributed by atoms with Gasteiger partial charge in [-0.15, -0.1) is 0 Å². The van der Waals surface area contributed by atoms with Crippen molar-refractivity contribution in [2.24, 2.45) is 5.92 Å². The van der Waals surface area contributed by atoms with E-state index in [2.05, 4.69) is 79.3 Å². The van der Waals surface area contributed by atoms with Crippen LogP contribution in [0.15, 0.2) is 98.2 Å². The highest BCUT2D eigenvalue weighted by Gasteiger charge is 2.50. The number of aliphatic hydroxyl groups is 8. The number of imidazole rings is 1. The van der Waals surface area contributed by atoms with Crippen molar-refractivity contribution in [3.63, 3.8) is 0 Å². The van der Waals surface area contributed by atoms with Gasteiger partial charge in [0.1, 0.15) is 60.2 Å². The van der Waals surface area contributed by atoms with Gasteiger partial charge >= 0.3 is 12.2 Å². The van der Waals surface area contributed by atoms with E-state index in [0.717, 1.165) is 64.8 Å². The number of unbranched alkanes of at least 4 members (excludes halogenated alkanes) is 1. The number of methoxy groups -OCH3 is 1. The molecule has 16 N–H and O–H groups in total. The predicted octanol–water partition coefficient (Wildman–Crippen LogP) is 1.59. The van der Waals surface area contributed by atoms with Gasteiger partial charge in [0, 0.05) is 93.9 Å². The Labute approximate surface area is 676 Å². The van der Waals surface area contributed by atoms with E-state index in [1.165, 1.54) is 42.5 Å². The van der Waals surface area contributed by atoms with Crippen LogP contribution in [0.1, 0.15) is 96.5 Å². The number of fused-ring (bicyclic) bond motifs is 3. The van der Waals surface area contributed by atoms with Gasteiger partial charge < -0.3 is 110 Å². The summed E-state index contributed by atoms with van der Waals surface area (Å²) in [5.74, 6) is -10.4. The van der Waals surface area contributed by atoms with E-state index in [1.807, 2.05) is 24.3 Å². The minimum Gasteiger partial charge on any atom is -0.494 e. The predicted molar refractivity (Wildman–Crippen MR) is 421 cm³/mol. The molecule has 0 aliphatic carbocycles. The third-order valence-corrected chi connectivity index (χ3v) is 20.7. The number of amides is 8. The Morgan fingerprint density at radius 1 is 0.741 bits per heavy atom. The van der Waals surface area contributed by atoms with Crippen molar-refractivity contribution in [3.05, 3.63) is 109 Å². The number of carbonyl (C=O) groups is 9. The number of β-amino-alcohol motifs (C(OH)–C–C–N with tert-alkyl or cyclic N) is 1. The van der Waals surface area contributed by atoms with E-state index < -0.39 is 226 Å².